The van der Waals surface area contributed by atoms with E-state index in [1.54, 1.807) is 0 Å². The summed E-state index contributed by atoms with van der Waals surface area (Å²) in [6.07, 6.45) is 42.2. The summed E-state index contributed by atoms with van der Waals surface area (Å²) in [4.78, 5) is 21.5. The molecule has 0 aromatic carbocycles. The summed E-state index contributed by atoms with van der Waals surface area (Å²) < 4.78 is 4.91. The molecule has 0 heterocycles. The van der Waals surface area contributed by atoms with Gasteiger partial charge in [0.2, 0.25) is 0 Å². The van der Waals surface area contributed by atoms with Crippen molar-refractivity contribution in [3.05, 3.63) is 12.2 Å². The van der Waals surface area contributed by atoms with Crippen LogP contribution < -0.4 is 0 Å². The van der Waals surface area contributed by atoms with Crippen molar-refractivity contribution in [2.24, 2.45) is 0 Å². The number of hydrogen-bond acceptors (Lipinski definition) is 3. The largest absolute Gasteiger partial charge is 0.481 e. The Labute approximate surface area is 263 Å². The lowest BCUT2D eigenvalue weighted by Crippen LogP contribution is -2.03. The van der Waals surface area contributed by atoms with Gasteiger partial charge in [0, 0.05) is 12.8 Å². The number of carboxylic acid groups (broad SMARTS) is 1. The van der Waals surface area contributed by atoms with E-state index in [1.807, 2.05) is 6.92 Å². The first-order valence-electron chi connectivity index (χ1n) is 18.6. The van der Waals surface area contributed by atoms with Crippen molar-refractivity contribution in [2.45, 2.75) is 213 Å². The topological polar surface area (TPSA) is 63.6 Å². The van der Waals surface area contributed by atoms with E-state index in [1.165, 1.54) is 154 Å². The molecule has 0 aliphatic rings. The van der Waals surface area contributed by atoms with Crippen molar-refractivity contribution in [2.75, 3.05) is 6.61 Å². The number of carbonyl (C=O) groups is 2. The van der Waals surface area contributed by atoms with Gasteiger partial charge in [-0.1, -0.05) is 167 Å². The Hall–Kier alpha value is -1.32. The average molecular weight is 595 g/mol. The van der Waals surface area contributed by atoms with E-state index in [0.717, 1.165) is 25.7 Å². The van der Waals surface area contributed by atoms with E-state index in [2.05, 4.69) is 26.0 Å². The van der Waals surface area contributed by atoms with Gasteiger partial charge in [0.05, 0.1) is 6.61 Å². The molecule has 0 radical (unpaired) electrons. The Morgan fingerprint density at radius 2 is 0.762 bits per heavy atom. The number of aliphatic carboxylic acids is 1. The van der Waals surface area contributed by atoms with Gasteiger partial charge in [-0.05, 0) is 45.4 Å². The number of allylic oxidation sites excluding steroid dienone is 2. The number of carbonyl (C=O) groups excluding carboxylic acids is 1. The van der Waals surface area contributed by atoms with Crippen LogP contribution in [0.4, 0.5) is 0 Å². The van der Waals surface area contributed by atoms with Crippen LogP contribution in [0.15, 0.2) is 12.2 Å². The quantitative estimate of drug-likeness (QED) is 0.0478. The Morgan fingerprint density at radius 1 is 0.452 bits per heavy atom. The van der Waals surface area contributed by atoms with E-state index in [-0.39, 0.29) is 5.97 Å². The maximum Gasteiger partial charge on any atom is 0.305 e. The SMILES string of the molecule is CCCCCCCC/C=C\CCCCCCCC(=O)OCC.CCCCCCCCCCCCCCCCCC(=O)O. The van der Waals surface area contributed by atoms with E-state index in [0.29, 0.717) is 19.4 Å². The average Bonchev–Trinajstić information content (AvgIpc) is 2.97. The monoisotopic (exact) mass is 595 g/mol. The normalized spacial score (nSPS) is 11.0. The van der Waals surface area contributed by atoms with Gasteiger partial charge < -0.3 is 9.84 Å². The lowest BCUT2D eigenvalue weighted by molar-refractivity contribution is -0.143. The van der Waals surface area contributed by atoms with Crippen LogP contribution in [0.2, 0.25) is 0 Å². The van der Waals surface area contributed by atoms with Gasteiger partial charge in [0.15, 0.2) is 0 Å². The Morgan fingerprint density at radius 3 is 1.10 bits per heavy atom. The zero-order valence-corrected chi connectivity index (χ0v) is 28.7. The van der Waals surface area contributed by atoms with Gasteiger partial charge >= 0.3 is 11.9 Å². The maximum absolute atomic E-state index is 11.1. The number of unbranched alkanes of at least 4 members (excludes halogenated alkanes) is 25. The van der Waals surface area contributed by atoms with Gasteiger partial charge in [-0.15, -0.1) is 0 Å². The lowest BCUT2D eigenvalue weighted by atomic mass is 10.0. The molecule has 0 bridgehead atoms. The van der Waals surface area contributed by atoms with Gasteiger partial charge in [-0.2, -0.15) is 0 Å². The fourth-order valence-corrected chi connectivity index (χ4v) is 5.22. The third-order valence-corrected chi connectivity index (χ3v) is 7.94. The molecule has 0 amide bonds. The van der Waals surface area contributed by atoms with Crippen LogP contribution in [-0.4, -0.2) is 23.7 Å². The Bertz CT molecular complexity index is 557. The van der Waals surface area contributed by atoms with Gasteiger partial charge in [0.25, 0.3) is 0 Å². The molecule has 0 aromatic rings. The zero-order valence-electron chi connectivity index (χ0n) is 28.7. The van der Waals surface area contributed by atoms with Crippen LogP contribution in [0, 0.1) is 0 Å². The van der Waals surface area contributed by atoms with E-state index < -0.39 is 5.97 Å². The highest BCUT2D eigenvalue weighted by Crippen LogP contribution is 2.14. The summed E-state index contributed by atoms with van der Waals surface area (Å²) in [6, 6.07) is 0. The molecule has 0 saturated carbocycles. The van der Waals surface area contributed by atoms with E-state index >= 15 is 0 Å². The highest BCUT2D eigenvalue weighted by molar-refractivity contribution is 5.69. The minimum atomic E-state index is -0.653. The standard InChI is InChI=1S/C20H38O2.C18H36O2/c1-3-5-6-7-8-9-10-11-12-13-14-15-16-17-18-19-20(21)22-4-2;1-2-3-4-5-6-7-8-9-10-11-12-13-14-15-16-17-18(19)20/h11-12H,3-10,13-19H2,1-2H3;2-17H2,1H3,(H,19,20)/b12-11-;. The molecule has 250 valence electrons. The lowest BCUT2D eigenvalue weighted by Gasteiger charge is -2.03. The molecule has 4 nitrogen and oxygen atoms in total. The minimum absolute atomic E-state index is 0.0415. The van der Waals surface area contributed by atoms with Crippen LogP contribution >= 0.6 is 0 Å². The fourth-order valence-electron chi connectivity index (χ4n) is 5.22. The second-order valence-corrected chi connectivity index (χ2v) is 12.2. The molecule has 0 saturated heterocycles. The van der Waals surface area contributed by atoms with Crippen molar-refractivity contribution >= 4 is 11.9 Å². The van der Waals surface area contributed by atoms with Crippen LogP contribution in [0.1, 0.15) is 213 Å². The van der Waals surface area contributed by atoms with Crippen molar-refractivity contribution in [3.63, 3.8) is 0 Å². The van der Waals surface area contributed by atoms with E-state index in [4.69, 9.17) is 9.84 Å². The number of ether oxygens (including phenoxy) is 1. The Balaban J connectivity index is 0. The molecule has 4 heteroatoms. The second kappa shape index (κ2) is 39.7. The molecule has 0 spiro atoms. The number of hydrogen-bond donors (Lipinski definition) is 1. The molecule has 42 heavy (non-hydrogen) atoms. The molecular formula is C38H74O4. The van der Waals surface area contributed by atoms with Crippen LogP contribution in [0.3, 0.4) is 0 Å². The highest BCUT2D eigenvalue weighted by atomic mass is 16.5. The van der Waals surface area contributed by atoms with Crippen molar-refractivity contribution in [1.29, 1.82) is 0 Å². The smallest absolute Gasteiger partial charge is 0.305 e. The first-order valence-corrected chi connectivity index (χ1v) is 18.6. The van der Waals surface area contributed by atoms with Crippen molar-refractivity contribution in [3.8, 4) is 0 Å². The molecule has 0 fully saturated rings. The third kappa shape index (κ3) is 43.1. The van der Waals surface area contributed by atoms with Crippen molar-refractivity contribution in [1.82, 2.24) is 0 Å². The van der Waals surface area contributed by atoms with Gasteiger partial charge in [0.1, 0.15) is 0 Å². The van der Waals surface area contributed by atoms with Crippen LogP contribution in [0.25, 0.3) is 0 Å². The molecule has 0 aromatic heterocycles. The van der Waals surface area contributed by atoms with Crippen LogP contribution in [0.5, 0.6) is 0 Å². The first-order chi connectivity index (χ1) is 20.6. The summed E-state index contributed by atoms with van der Waals surface area (Å²) >= 11 is 0. The second-order valence-electron chi connectivity index (χ2n) is 12.2. The predicted octanol–water partition coefficient (Wildman–Crippen LogP) is 12.9. The molecule has 0 aliphatic heterocycles. The maximum atomic E-state index is 11.1. The van der Waals surface area contributed by atoms with Gasteiger partial charge in [-0.25, -0.2) is 0 Å². The first kappa shape index (κ1) is 42.8. The van der Waals surface area contributed by atoms with Gasteiger partial charge in [-0.3, -0.25) is 9.59 Å². The molecule has 1 N–H and O–H groups in total. The zero-order chi connectivity index (χ0) is 31.2. The summed E-state index contributed by atoms with van der Waals surface area (Å²) in [5.74, 6) is -0.695. The molecular weight excluding hydrogens is 520 g/mol. The summed E-state index contributed by atoms with van der Waals surface area (Å²) in [5, 5.41) is 8.52. The summed E-state index contributed by atoms with van der Waals surface area (Å²) in [7, 11) is 0. The predicted molar refractivity (Wildman–Crippen MR) is 183 cm³/mol. The number of rotatable bonds is 32. The van der Waals surface area contributed by atoms with Crippen molar-refractivity contribution < 1.29 is 19.4 Å². The van der Waals surface area contributed by atoms with E-state index in [9.17, 15) is 9.59 Å². The molecule has 0 unspecified atom stereocenters. The summed E-state index contributed by atoms with van der Waals surface area (Å²) in [6.45, 7) is 6.90. The molecule has 0 aliphatic carbocycles. The molecule has 0 atom stereocenters. The molecule has 0 rings (SSSR count). The number of esters is 1. The minimum Gasteiger partial charge on any atom is -0.481 e. The summed E-state index contributed by atoms with van der Waals surface area (Å²) in [5.41, 5.74) is 0. The Kier molecular flexibility index (Phi) is 40.4. The third-order valence-electron chi connectivity index (χ3n) is 7.94. The number of carboxylic acids is 1. The fraction of sp³-hybridized carbons (Fsp3) is 0.895. The highest BCUT2D eigenvalue weighted by Gasteiger charge is 2.00. The van der Waals surface area contributed by atoms with Crippen LogP contribution in [-0.2, 0) is 14.3 Å².